The van der Waals surface area contributed by atoms with Crippen molar-refractivity contribution in [2.75, 3.05) is 24.5 Å². The van der Waals surface area contributed by atoms with Gasteiger partial charge in [0.25, 0.3) is 0 Å². The van der Waals surface area contributed by atoms with E-state index in [1.54, 1.807) is 0 Å². The van der Waals surface area contributed by atoms with Crippen molar-refractivity contribution in [2.24, 2.45) is 5.92 Å². The Morgan fingerprint density at radius 3 is 2.50 bits per heavy atom. The number of hydrogen-bond acceptors (Lipinski definition) is 3. The van der Waals surface area contributed by atoms with E-state index >= 15 is 0 Å². The Bertz CT molecular complexity index is 451. The van der Waals surface area contributed by atoms with Crippen LogP contribution in [0.1, 0.15) is 52.5 Å². The van der Waals surface area contributed by atoms with Gasteiger partial charge in [0.15, 0.2) is 0 Å². The molecule has 0 unspecified atom stereocenters. The second-order valence-corrected chi connectivity index (χ2v) is 7.02. The molecule has 3 heteroatoms. The fourth-order valence-corrected chi connectivity index (χ4v) is 2.86. The third-order valence-corrected chi connectivity index (χ3v) is 4.06. The van der Waals surface area contributed by atoms with Gasteiger partial charge in [-0.25, -0.2) is 0 Å². The Hall–Kier alpha value is -1.22. The average molecular weight is 304 g/mol. The lowest BCUT2D eigenvalue weighted by molar-refractivity contribution is 0.242. The molecule has 0 saturated carbocycles. The maximum atomic E-state index is 6.07. The zero-order valence-corrected chi connectivity index (χ0v) is 14.7. The molecule has 1 aromatic rings. The van der Waals surface area contributed by atoms with E-state index in [1.807, 2.05) is 0 Å². The van der Waals surface area contributed by atoms with Crippen molar-refractivity contribution in [3.63, 3.8) is 0 Å². The number of nitrogens with zero attached hydrogens (tertiary/aromatic N) is 1. The number of ether oxygens (including phenoxy) is 1. The number of anilines is 1. The first-order valence-electron chi connectivity index (χ1n) is 8.81. The van der Waals surface area contributed by atoms with Gasteiger partial charge in [-0.1, -0.05) is 19.9 Å². The molecule has 2 rings (SSSR count). The summed E-state index contributed by atoms with van der Waals surface area (Å²) in [6.07, 6.45) is 4.02. The molecule has 1 fully saturated rings. The topological polar surface area (TPSA) is 24.5 Å². The molecule has 1 aromatic carbocycles. The van der Waals surface area contributed by atoms with Crippen molar-refractivity contribution in [1.82, 2.24) is 5.32 Å². The van der Waals surface area contributed by atoms with Gasteiger partial charge in [0.2, 0.25) is 0 Å². The molecule has 1 saturated heterocycles. The van der Waals surface area contributed by atoms with E-state index in [-0.39, 0.29) is 6.10 Å². The summed E-state index contributed by atoms with van der Waals surface area (Å²) in [4.78, 5) is 2.45. The van der Waals surface area contributed by atoms with Crippen LogP contribution in [-0.4, -0.2) is 25.7 Å². The van der Waals surface area contributed by atoms with Crippen molar-refractivity contribution in [1.29, 1.82) is 0 Å². The van der Waals surface area contributed by atoms with Crippen LogP contribution in [0.25, 0.3) is 0 Å². The van der Waals surface area contributed by atoms with E-state index in [0.29, 0.717) is 0 Å². The van der Waals surface area contributed by atoms with E-state index in [0.717, 1.165) is 37.8 Å². The molecular weight excluding hydrogens is 272 g/mol. The number of nitrogens with one attached hydrogen (secondary N) is 1. The molecule has 0 aliphatic carbocycles. The van der Waals surface area contributed by atoms with Gasteiger partial charge in [0.1, 0.15) is 5.75 Å². The Morgan fingerprint density at radius 1 is 1.14 bits per heavy atom. The molecule has 0 amide bonds. The van der Waals surface area contributed by atoms with Gasteiger partial charge in [-0.05, 0) is 63.3 Å². The van der Waals surface area contributed by atoms with Crippen LogP contribution < -0.4 is 15.0 Å². The summed E-state index contributed by atoms with van der Waals surface area (Å²) in [6.45, 7) is 13.0. The van der Waals surface area contributed by atoms with E-state index in [2.05, 4.69) is 56.1 Å². The van der Waals surface area contributed by atoms with Gasteiger partial charge in [0.05, 0.1) is 11.8 Å². The van der Waals surface area contributed by atoms with Crippen LogP contribution in [0.15, 0.2) is 18.2 Å². The summed E-state index contributed by atoms with van der Waals surface area (Å²) < 4.78 is 6.07. The lowest BCUT2D eigenvalue weighted by Gasteiger charge is -2.23. The second kappa shape index (κ2) is 8.42. The lowest BCUT2D eigenvalue weighted by Crippen LogP contribution is -2.20. The van der Waals surface area contributed by atoms with E-state index in [9.17, 15) is 0 Å². The van der Waals surface area contributed by atoms with E-state index in [1.165, 1.54) is 30.5 Å². The molecule has 0 radical (unpaired) electrons. The van der Waals surface area contributed by atoms with Crippen LogP contribution in [0.3, 0.4) is 0 Å². The molecule has 1 aliphatic heterocycles. The molecule has 3 nitrogen and oxygen atoms in total. The predicted molar refractivity (Wildman–Crippen MR) is 94.8 cm³/mol. The molecule has 1 N–H and O–H groups in total. The first-order valence-corrected chi connectivity index (χ1v) is 8.81. The maximum absolute atomic E-state index is 6.07. The van der Waals surface area contributed by atoms with Crippen LogP contribution in [0.5, 0.6) is 5.75 Å². The standard InChI is InChI=1S/C19H32N2O/c1-15(2)9-10-20-14-17-7-8-18(21-11-5-6-12-21)19(13-17)22-16(3)4/h7-8,13,15-16,20H,5-6,9-12,14H2,1-4H3. The summed E-state index contributed by atoms with van der Waals surface area (Å²) in [5.41, 5.74) is 2.57. The minimum atomic E-state index is 0.213. The minimum Gasteiger partial charge on any atom is -0.489 e. The Kier molecular flexibility index (Phi) is 6.56. The Balaban J connectivity index is 2.02. The fraction of sp³-hybridized carbons (Fsp3) is 0.684. The monoisotopic (exact) mass is 304 g/mol. The van der Waals surface area contributed by atoms with Gasteiger partial charge < -0.3 is 15.0 Å². The first-order chi connectivity index (χ1) is 10.6. The van der Waals surface area contributed by atoms with Crippen LogP contribution in [0.4, 0.5) is 5.69 Å². The highest BCUT2D eigenvalue weighted by atomic mass is 16.5. The molecule has 0 atom stereocenters. The fourth-order valence-electron chi connectivity index (χ4n) is 2.86. The van der Waals surface area contributed by atoms with Gasteiger partial charge >= 0.3 is 0 Å². The van der Waals surface area contributed by atoms with Crippen LogP contribution in [-0.2, 0) is 6.54 Å². The second-order valence-electron chi connectivity index (χ2n) is 7.02. The van der Waals surface area contributed by atoms with Crippen LogP contribution in [0, 0.1) is 5.92 Å². The highest BCUT2D eigenvalue weighted by molar-refractivity contribution is 5.60. The van der Waals surface area contributed by atoms with Crippen molar-refractivity contribution in [3.05, 3.63) is 23.8 Å². The summed E-state index contributed by atoms with van der Waals surface area (Å²) in [6, 6.07) is 6.70. The first kappa shape index (κ1) is 17.1. The van der Waals surface area contributed by atoms with Crippen LogP contribution in [0.2, 0.25) is 0 Å². The largest absolute Gasteiger partial charge is 0.489 e. The normalized spacial score (nSPS) is 15.1. The molecule has 22 heavy (non-hydrogen) atoms. The van der Waals surface area contributed by atoms with Gasteiger partial charge in [-0.3, -0.25) is 0 Å². The highest BCUT2D eigenvalue weighted by Gasteiger charge is 2.17. The number of hydrogen-bond donors (Lipinski definition) is 1. The van der Waals surface area contributed by atoms with Crippen molar-refractivity contribution < 1.29 is 4.74 Å². The third-order valence-electron chi connectivity index (χ3n) is 4.06. The smallest absolute Gasteiger partial charge is 0.143 e. The van der Waals surface area contributed by atoms with Gasteiger partial charge in [-0.15, -0.1) is 0 Å². The summed E-state index contributed by atoms with van der Waals surface area (Å²) >= 11 is 0. The van der Waals surface area contributed by atoms with Crippen molar-refractivity contribution >= 4 is 5.69 Å². The summed E-state index contributed by atoms with van der Waals surface area (Å²) in [5, 5.41) is 3.53. The van der Waals surface area contributed by atoms with Gasteiger partial charge in [0, 0.05) is 19.6 Å². The molecule has 0 bridgehead atoms. The lowest BCUT2D eigenvalue weighted by atomic mass is 10.1. The number of rotatable bonds is 8. The summed E-state index contributed by atoms with van der Waals surface area (Å²) in [7, 11) is 0. The van der Waals surface area contributed by atoms with Crippen molar-refractivity contribution in [3.8, 4) is 5.75 Å². The molecule has 0 aromatic heterocycles. The molecular formula is C19H32N2O. The van der Waals surface area contributed by atoms with Gasteiger partial charge in [-0.2, -0.15) is 0 Å². The maximum Gasteiger partial charge on any atom is 0.143 e. The highest BCUT2D eigenvalue weighted by Crippen LogP contribution is 2.32. The number of benzene rings is 1. The quantitative estimate of drug-likeness (QED) is 0.728. The Morgan fingerprint density at radius 2 is 1.86 bits per heavy atom. The minimum absolute atomic E-state index is 0.213. The van der Waals surface area contributed by atoms with E-state index < -0.39 is 0 Å². The van der Waals surface area contributed by atoms with Crippen molar-refractivity contribution in [2.45, 2.75) is 59.6 Å². The predicted octanol–water partition coefficient (Wildman–Crippen LogP) is 4.21. The third kappa shape index (κ3) is 5.20. The SMILES string of the molecule is CC(C)CCNCc1ccc(N2CCCC2)c(OC(C)C)c1. The molecule has 1 heterocycles. The zero-order chi connectivity index (χ0) is 15.9. The van der Waals surface area contributed by atoms with E-state index in [4.69, 9.17) is 4.74 Å². The molecule has 124 valence electrons. The zero-order valence-electron chi connectivity index (χ0n) is 14.7. The summed E-state index contributed by atoms with van der Waals surface area (Å²) in [5.74, 6) is 1.80. The Labute approximate surface area is 136 Å². The molecule has 1 aliphatic rings. The van der Waals surface area contributed by atoms with Crippen LogP contribution >= 0.6 is 0 Å². The molecule has 0 spiro atoms. The average Bonchev–Trinajstić information content (AvgIpc) is 2.97.